The van der Waals surface area contributed by atoms with Crippen LogP contribution in [0.3, 0.4) is 0 Å². The van der Waals surface area contributed by atoms with Gasteiger partial charge < -0.3 is 14.8 Å². The molecule has 2 aliphatic rings. The Morgan fingerprint density at radius 3 is 2.54 bits per heavy atom. The zero-order chi connectivity index (χ0) is 24.8. The summed E-state index contributed by atoms with van der Waals surface area (Å²) in [7, 11) is 1.58. The summed E-state index contributed by atoms with van der Waals surface area (Å²) in [5.74, 6) is 0.317. The maximum Gasteiger partial charge on any atom is 0.252 e. The maximum absolute atomic E-state index is 13.8. The largest absolute Gasteiger partial charge is 0.496 e. The first kappa shape index (κ1) is 25.6. The van der Waals surface area contributed by atoms with Gasteiger partial charge in [-0.1, -0.05) is 30.7 Å². The summed E-state index contributed by atoms with van der Waals surface area (Å²) in [4.78, 5) is 15.8. The highest BCUT2D eigenvalue weighted by molar-refractivity contribution is 5.86. The van der Waals surface area contributed by atoms with Crippen LogP contribution in [0.25, 0.3) is 11.1 Å². The average Bonchev–Trinajstić information content (AvgIpc) is 3.33. The minimum Gasteiger partial charge on any atom is -0.496 e. The van der Waals surface area contributed by atoms with Gasteiger partial charge in [-0.05, 0) is 75.3 Å². The van der Waals surface area contributed by atoms with Crippen molar-refractivity contribution in [2.75, 3.05) is 26.8 Å². The molecule has 2 aromatic carbocycles. The zero-order valence-electron chi connectivity index (χ0n) is 21.3. The van der Waals surface area contributed by atoms with Crippen LogP contribution in [0, 0.1) is 5.82 Å². The summed E-state index contributed by atoms with van der Waals surface area (Å²) in [5.41, 5.74) is 1.79. The molecule has 0 unspecified atom stereocenters. The number of hydrogen-bond donors (Lipinski definition) is 1. The molecule has 0 radical (unpaired) electrons. The highest BCUT2D eigenvalue weighted by Crippen LogP contribution is 2.33. The van der Waals surface area contributed by atoms with Crippen molar-refractivity contribution < 1.29 is 18.7 Å². The monoisotopic (exact) mass is 482 g/mol. The van der Waals surface area contributed by atoms with Gasteiger partial charge in [0.05, 0.1) is 7.11 Å². The van der Waals surface area contributed by atoms with Gasteiger partial charge in [0.25, 0.3) is 5.91 Å². The molecule has 2 heterocycles. The topological polar surface area (TPSA) is 50.8 Å². The van der Waals surface area contributed by atoms with Gasteiger partial charge in [-0.15, -0.1) is 0 Å². The Hall–Kier alpha value is -2.44. The van der Waals surface area contributed by atoms with E-state index in [1.165, 1.54) is 31.4 Å². The number of amides is 1. The van der Waals surface area contributed by atoms with Crippen LogP contribution in [0.15, 0.2) is 42.5 Å². The van der Waals surface area contributed by atoms with Gasteiger partial charge in [0.2, 0.25) is 0 Å². The molecule has 3 atom stereocenters. The van der Waals surface area contributed by atoms with Crippen molar-refractivity contribution >= 4 is 5.91 Å². The number of benzene rings is 2. The third-order valence-corrected chi connectivity index (χ3v) is 7.69. The zero-order valence-corrected chi connectivity index (χ0v) is 21.3. The predicted octanol–water partition coefficient (Wildman–Crippen LogP) is 5.36. The number of hydrogen-bond acceptors (Lipinski definition) is 4. The van der Waals surface area contributed by atoms with Gasteiger partial charge in [0.15, 0.2) is 5.60 Å². The lowest BCUT2D eigenvalue weighted by Crippen LogP contribution is -2.49. The van der Waals surface area contributed by atoms with Crippen molar-refractivity contribution in [2.24, 2.45) is 0 Å². The van der Waals surface area contributed by atoms with E-state index in [0.717, 1.165) is 36.9 Å². The minimum absolute atomic E-state index is 0.00869. The first-order chi connectivity index (χ1) is 16.9. The molecule has 0 aromatic heterocycles. The van der Waals surface area contributed by atoms with E-state index >= 15 is 0 Å². The van der Waals surface area contributed by atoms with Gasteiger partial charge in [-0.2, -0.15) is 0 Å². The van der Waals surface area contributed by atoms with Crippen LogP contribution in [-0.4, -0.2) is 55.3 Å². The van der Waals surface area contributed by atoms with Crippen molar-refractivity contribution in [2.45, 2.75) is 76.5 Å². The normalized spacial score (nSPS) is 24.9. The van der Waals surface area contributed by atoms with Crippen LogP contribution >= 0.6 is 0 Å². The molecule has 4 rings (SSSR count). The minimum atomic E-state index is -0.816. The molecular formula is C29H39FN2O3. The summed E-state index contributed by atoms with van der Waals surface area (Å²) in [6.45, 7) is 6.91. The predicted molar refractivity (Wildman–Crippen MR) is 137 cm³/mol. The fourth-order valence-electron chi connectivity index (χ4n) is 5.67. The van der Waals surface area contributed by atoms with E-state index in [-0.39, 0.29) is 11.7 Å². The fraction of sp³-hybridized carbons (Fsp3) is 0.552. The maximum atomic E-state index is 13.8. The standard InChI is InChI=1S/C29H39FN2O3/c1-21-7-4-8-22(2)32(21)17-6-16-31-28(33)29(15-5-18-35-29)20-23-9-11-24(12-10-23)26-19-25(30)13-14-27(26)34-3/h9-14,19,21-22H,4-8,15-18,20H2,1-3H3,(H,31,33)/t21-,22-,29-/m0/s1. The van der Waals surface area contributed by atoms with E-state index in [2.05, 4.69) is 24.1 Å². The lowest BCUT2D eigenvalue weighted by Gasteiger charge is -2.39. The van der Waals surface area contributed by atoms with Crippen LogP contribution in [0.4, 0.5) is 4.39 Å². The number of likely N-dealkylation sites (tertiary alicyclic amines) is 1. The van der Waals surface area contributed by atoms with E-state index in [0.29, 0.717) is 43.0 Å². The number of piperidine rings is 1. The quantitative estimate of drug-likeness (QED) is 0.489. The van der Waals surface area contributed by atoms with Crippen LogP contribution in [0.1, 0.15) is 57.9 Å². The molecule has 190 valence electrons. The van der Waals surface area contributed by atoms with Crippen molar-refractivity contribution in [1.29, 1.82) is 0 Å². The fourth-order valence-corrected chi connectivity index (χ4v) is 5.67. The second-order valence-corrected chi connectivity index (χ2v) is 10.1. The highest BCUT2D eigenvalue weighted by atomic mass is 19.1. The van der Waals surface area contributed by atoms with Crippen molar-refractivity contribution in [1.82, 2.24) is 10.2 Å². The average molecular weight is 483 g/mol. The summed E-state index contributed by atoms with van der Waals surface area (Å²) >= 11 is 0. The molecule has 0 aliphatic carbocycles. The van der Waals surface area contributed by atoms with Gasteiger partial charge in [0, 0.05) is 43.8 Å². The molecule has 2 aliphatic heterocycles. The van der Waals surface area contributed by atoms with E-state index in [4.69, 9.17) is 9.47 Å². The Morgan fingerprint density at radius 1 is 1.14 bits per heavy atom. The Morgan fingerprint density at radius 2 is 1.89 bits per heavy atom. The molecular weight excluding hydrogens is 443 g/mol. The number of halogens is 1. The summed E-state index contributed by atoms with van der Waals surface area (Å²) < 4.78 is 25.3. The number of rotatable bonds is 9. The van der Waals surface area contributed by atoms with Crippen LogP contribution in [0.5, 0.6) is 5.75 Å². The van der Waals surface area contributed by atoms with Crippen LogP contribution < -0.4 is 10.1 Å². The number of methoxy groups -OCH3 is 1. The second kappa shape index (κ2) is 11.5. The third-order valence-electron chi connectivity index (χ3n) is 7.69. The number of nitrogens with zero attached hydrogens (tertiary/aromatic N) is 1. The molecule has 2 aromatic rings. The van der Waals surface area contributed by atoms with Crippen molar-refractivity contribution in [3.05, 3.63) is 53.8 Å². The molecule has 0 spiro atoms. The molecule has 1 amide bonds. The van der Waals surface area contributed by atoms with E-state index < -0.39 is 5.60 Å². The third kappa shape index (κ3) is 6.04. The van der Waals surface area contributed by atoms with Gasteiger partial charge >= 0.3 is 0 Å². The van der Waals surface area contributed by atoms with Crippen molar-refractivity contribution in [3.63, 3.8) is 0 Å². The second-order valence-electron chi connectivity index (χ2n) is 10.1. The van der Waals surface area contributed by atoms with Crippen LogP contribution in [0.2, 0.25) is 0 Å². The Kier molecular flexibility index (Phi) is 8.45. The molecule has 0 bridgehead atoms. The Bertz CT molecular complexity index is 978. The lowest BCUT2D eigenvalue weighted by atomic mass is 9.89. The summed E-state index contributed by atoms with van der Waals surface area (Å²) in [5, 5.41) is 3.16. The Balaban J connectivity index is 1.36. The molecule has 2 fully saturated rings. The summed E-state index contributed by atoms with van der Waals surface area (Å²) in [6.07, 6.45) is 6.91. The lowest BCUT2D eigenvalue weighted by molar-refractivity contribution is -0.141. The number of ether oxygens (including phenoxy) is 2. The smallest absolute Gasteiger partial charge is 0.252 e. The van der Waals surface area contributed by atoms with E-state index in [1.54, 1.807) is 13.2 Å². The van der Waals surface area contributed by atoms with Gasteiger partial charge in [-0.25, -0.2) is 4.39 Å². The molecule has 0 saturated carbocycles. The van der Waals surface area contributed by atoms with E-state index in [1.807, 2.05) is 24.3 Å². The number of nitrogens with one attached hydrogen (secondary N) is 1. The molecule has 35 heavy (non-hydrogen) atoms. The first-order valence-electron chi connectivity index (χ1n) is 13.0. The SMILES string of the molecule is COc1ccc(F)cc1-c1ccc(C[C@]2(C(=O)NCCCN3[C@@H](C)CCC[C@@H]3C)CCCO2)cc1. The first-order valence-corrected chi connectivity index (χ1v) is 13.0. The number of carbonyl (C=O) groups is 1. The number of carbonyl (C=O) groups excluding carboxylic acids is 1. The summed E-state index contributed by atoms with van der Waals surface area (Å²) in [6, 6.07) is 13.6. The Labute approximate surface area is 209 Å². The molecule has 6 heteroatoms. The van der Waals surface area contributed by atoms with Crippen molar-refractivity contribution in [3.8, 4) is 16.9 Å². The van der Waals surface area contributed by atoms with Gasteiger partial charge in [-0.3, -0.25) is 9.69 Å². The molecule has 5 nitrogen and oxygen atoms in total. The van der Waals surface area contributed by atoms with Gasteiger partial charge in [0.1, 0.15) is 11.6 Å². The highest BCUT2D eigenvalue weighted by Gasteiger charge is 2.42. The molecule has 1 N–H and O–H groups in total. The molecule has 2 saturated heterocycles. The van der Waals surface area contributed by atoms with E-state index in [9.17, 15) is 9.18 Å². The van der Waals surface area contributed by atoms with Crippen LogP contribution in [-0.2, 0) is 16.0 Å².